The van der Waals surface area contributed by atoms with Crippen LogP contribution in [0.5, 0.6) is 0 Å². The second-order valence-electron chi connectivity index (χ2n) is 18.3. The Hall–Kier alpha value is -5.89. The molecule has 0 bridgehead atoms. The van der Waals surface area contributed by atoms with Crippen LogP contribution in [0.3, 0.4) is 0 Å². The van der Waals surface area contributed by atoms with Gasteiger partial charge in [0.15, 0.2) is 0 Å². The van der Waals surface area contributed by atoms with Crippen LogP contribution >= 0.6 is 0 Å². The van der Waals surface area contributed by atoms with Gasteiger partial charge in [-0.3, -0.25) is 24.0 Å². The first-order chi connectivity index (χ1) is 30.3. The third-order valence-electron chi connectivity index (χ3n) is 12.7. The number of piperidine rings is 1. The highest BCUT2D eigenvalue weighted by Crippen LogP contribution is 2.37. The molecule has 0 saturated carbocycles. The van der Waals surface area contributed by atoms with Gasteiger partial charge in [-0.05, 0) is 90.5 Å². The van der Waals surface area contributed by atoms with E-state index in [1.54, 1.807) is 11.8 Å². The zero-order chi connectivity index (χ0) is 46.8. The third-order valence-corrected chi connectivity index (χ3v) is 12.7. The molecule has 4 atom stereocenters. The van der Waals surface area contributed by atoms with Crippen molar-refractivity contribution in [1.82, 2.24) is 30.0 Å². The van der Waals surface area contributed by atoms with E-state index in [0.717, 1.165) is 27.3 Å². The number of carbonyl (C=O) groups excluding carboxylic acids is 5. The summed E-state index contributed by atoms with van der Waals surface area (Å²) in [5.74, 6) is -2.46. The van der Waals surface area contributed by atoms with Crippen molar-refractivity contribution in [2.45, 2.75) is 110 Å². The molecule has 4 aromatic rings. The van der Waals surface area contributed by atoms with Crippen LogP contribution in [0.4, 0.5) is 0 Å². The molecule has 0 unspecified atom stereocenters. The molecule has 1 heterocycles. The number of rotatable bonds is 19. The van der Waals surface area contributed by atoms with E-state index in [2.05, 4.69) is 5.32 Å². The Balaban J connectivity index is 1.47. The summed E-state index contributed by atoms with van der Waals surface area (Å²) in [6.07, 6.45) is 1.08. The number of primary amides is 1. The number of nitrogens with zero attached hydrogens (tertiary/aromatic N) is 5. The van der Waals surface area contributed by atoms with E-state index in [-0.39, 0.29) is 31.6 Å². The molecule has 5 rings (SSSR count). The van der Waals surface area contributed by atoms with Crippen LogP contribution in [0.1, 0.15) is 115 Å². The second-order valence-corrected chi connectivity index (χ2v) is 18.3. The molecular weight excluding hydrogens is 807 g/mol. The van der Waals surface area contributed by atoms with Gasteiger partial charge >= 0.3 is 0 Å². The zero-order valence-electron chi connectivity index (χ0n) is 38.6. The lowest BCUT2D eigenvalue weighted by atomic mass is 9.79. The molecule has 0 aliphatic carbocycles. The monoisotopic (exact) mass is 873 g/mol. The Morgan fingerprint density at radius 1 is 0.516 bits per heavy atom. The Kier molecular flexibility index (Phi) is 16.6. The number of hydrogen-bond acceptors (Lipinski definition) is 7. The van der Waals surface area contributed by atoms with Crippen molar-refractivity contribution in [1.29, 1.82) is 0 Å². The largest absolute Gasteiger partial charge is 0.368 e. The average molecular weight is 873 g/mol. The normalized spacial score (nSPS) is 16.7. The molecule has 1 radical (unpaired) electrons. The van der Waals surface area contributed by atoms with E-state index >= 15 is 0 Å². The fourth-order valence-corrected chi connectivity index (χ4v) is 9.03. The van der Waals surface area contributed by atoms with Gasteiger partial charge in [-0.25, -0.2) is 0 Å². The molecule has 1 saturated heterocycles. The van der Waals surface area contributed by atoms with Gasteiger partial charge < -0.3 is 30.7 Å². The molecule has 3 N–H and O–H groups in total. The summed E-state index contributed by atoms with van der Waals surface area (Å²) in [5, 5.41) is 17.6. The molecular formula is C51H66N7O6. The lowest BCUT2D eigenvalue weighted by Crippen LogP contribution is -2.62. The number of amides is 5. The minimum Gasteiger partial charge on any atom is -0.368 e. The van der Waals surface area contributed by atoms with Gasteiger partial charge in [0.25, 0.3) is 0 Å². The molecule has 1 aliphatic heterocycles. The van der Waals surface area contributed by atoms with E-state index in [1.807, 2.05) is 170 Å². The minimum absolute atomic E-state index is 0.0685. The van der Waals surface area contributed by atoms with Crippen LogP contribution in [-0.4, -0.2) is 104 Å². The molecule has 13 heteroatoms. The van der Waals surface area contributed by atoms with Crippen LogP contribution in [0, 0.1) is 0 Å². The van der Waals surface area contributed by atoms with Crippen LogP contribution in [0.25, 0.3) is 0 Å². The van der Waals surface area contributed by atoms with Gasteiger partial charge in [0.1, 0.15) is 19.6 Å². The van der Waals surface area contributed by atoms with Crippen LogP contribution < -0.4 is 11.1 Å². The summed E-state index contributed by atoms with van der Waals surface area (Å²) < 4.78 is 0. The fourth-order valence-electron chi connectivity index (χ4n) is 9.03. The van der Waals surface area contributed by atoms with Crippen LogP contribution in [-0.2, 0) is 29.2 Å². The van der Waals surface area contributed by atoms with Crippen LogP contribution in [0.2, 0.25) is 0 Å². The fraction of sp³-hybridized carbons (Fsp3) is 0.431. The zero-order valence-corrected chi connectivity index (χ0v) is 38.6. The standard InChI is InChI=1S/C51H66N7O6/c1-36(40-21-13-9-14-22-40)54(32-45(52)59)47(61)34-56(38(3)42-25-17-11-18-26-42)49(63)35-57(39(4)43-27-19-12-20-28-43)48(62)33-55(37(2)41-23-15-10-16-24-41)46(60)31-53-44-29-50(5,6)58(64)51(7,8)30-44/h9-28,36-39,44,53H,29-35H2,1-8H3,(H2,52,59)/t36-,37-,38-,39-/m0/s1. The number of hydrogen-bond donors (Lipinski definition) is 2. The maximum Gasteiger partial charge on any atom is 0.243 e. The molecule has 0 spiro atoms. The molecule has 0 aromatic heterocycles. The predicted molar refractivity (Wildman–Crippen MR) is 247 cm³/mol. The van der Waals surface area contributed by atoms with Crippen molar-refractivity contribution < 1.29 is 29.2 Å². The highest BCUT2D eigenvalue weighted by molar-refractivity contribution is 5.92. The van der Waals surface area contributed by atoms with Crippen molar-refractivity contribution in [2.75, 3.05) is 32.7 Å². The summed E-state index contributed by atoms with van der Waals surface area (Å²) in [4.78, 5) is 77.0. The Morgan fingerprint density at radius 2 is 0.781 bits per heavy atom. The lowest BCUT2D eigenvalue weighted by molar-refractivity contribution is -0.290. The topological polar surface area (TPSA) is 160 Å². The number of nitrogens with two attached hydrogens (primary N) is 1. The van der Waals surface area contributed by atoms with Crippen molar-refractivity contribution in [3.8, 4) is 0 Å². The van der Waals surface area contributed by atoms with Gasteiger partial charge in [-0.1, -0.05) is 121 Å². The summed E-state index contributed by atoms with van der Waals surface area (Å²) >= 11 is 0. The molecule has 341 valence electrons. The number of nitrogens with one attached hydrogen (secondary N) is 1. The van der Waals surface area contributed by atoms with E-state index in [4.69, 9.17) is 5.73 Å². The molecule has 1 fully saturated rings. The SMILES string of the molecule is C[C@@H](c1ccccc1)N(CC(N)=O)C(=O)CN(C(=O)CN(C(=O)CN(C(=O)CNC1CC(C)(C)N([O])C(C)(C)C1)[C@@H](C)c1ccccc1)[C@@H](C)c1ccccc1)[C@@H](C)c1ccccc1. The van der Waals surface area contributed by atoms with Crippen LogP contribution in [0.15, 0.2) is 121 Å². The maximum atomic E-state index is 15.0. The number of benzene rings is 4. The predicted octanol–water partition coefficient (Wildman–Crippen LogP) is 6.79. The first-order valence-corrected chi connectivity index (χ1v) is 22.2. The highest BCUT2D eigenvalue weighted by atomic mass is 16.5. The first kappa shape index (κ1) is 49.1. The molecule has 13 nitrogen and oxygen atoms in total. The van der Waals surface area contributed by atoms with Gasteiger partial charge in [0, 0.05) is 17.1 Å². The van der Waals surface area contributed by atoms with Crippen molar-refractivity contribution in [2.24, 2.45) is 5.73 Å². The smallest absolute Gasteiger partial charge is 0.243 e. The van der Waals surface area contributed by atoms with Gasteiger partial charge in [0.2, 0.25) is 29.5 Å². The second kappa shape index (κ2) is 21.7. The van der Waals surface area contributed by atoms with E-state index in [9.17, 15) is 29.2 Å². The maximum absolute atomic E-state index is 15.0. The molecule has 4 aromatic carbocycles. The van der Waals surface area contributed by atoms with E-state index in [0.29, 0.717) is 12.8 Å². The Bertz CT molecular complexity index is 2150. The van der Waals surface area contributed by atoms with Crippen molar-refractivity contribution in [3.05, 3.63) is 144 Å². The summed E-state index contributed by atoms with van der Waals surface area (Å²) in [7, 11) is 0. The molecule has 64 heavy (non-hydrogen) atoms. The molecule has 5 amide bonds. The summed E-state index contributed by atoms with van der Waals surface area (Å²) in [6, 6.07) is 35.0. The number of carbonyl (C=O) groups is 5. The Labute approximate surface area is 379 Å². The highest BCUT2D eigenvalue weighted by Gasteiger charge is 2.46. The average Bonchev–Trinajstić information content (AvgIpc) is 3.29. The van der Waals surface area contributed by atoms with Gasteiger partial charge in [-0.2, -0.15) is 0 Å². The summed E-state index contributed by atoms with van der Waals surface area (Å²) in [6.45, 7) is 13.4. The quantitative estimate of drug-likeness (QED) is 0.105. The van der Waals surface area contributed by atoms with Crippen molar-refractivity contribution in [3.63, 3.8) is 0 Å². The number of hydroxylamine groups is 2. The minimum atomic E-state index is -0.696. The Morgan fingerprint density at radius 3 is 1.06 bits per heavy atom. The van der Waals surface area contributed by atoms with Gasteiger partial charge in [0.05, 0.1) is 37.3 Å². The van der Waals surface area contributed by atoms with E-state index < -0.39 is 72.0 Å². The summed E-state index contributed by atoms with van der Waals surface area (Å²) in [5.41, 5.74) is 7.55. The first-order valence-electron chi connectivity index (χ1n) is 22.2. The van der Waals surface area contributed by atoms with Crippen molar-refractivity contribution >= 4 is 29.5 Å². The van der Waals surface area contributed by atoms with E-state index in [1.165, 1.54) is 14.7 Å². The molecule has 1 aliphatic rings. The van der Waals surface area contributed by atoms with Gasteiger partial charge in [-0.15, -0.1) is 10.3 Å². The lowest BCUT2D eigenvalue weighted by Gasteiger charge is -2.50. The third kappa shape index (κ3) is 12.4.